The van der Waals surface area contributed by atoms with Crippen LogP contribution in [0.15, 0.2) is 42.6 Å². The van der Waals surface area contributed by atoms with E-state index in [1.807, 2.05) is 13.0 Å². The van der Waals surface area contributed by atoms with Gasteiger partial charge < -0.3 is 19.7 Å². The van der Waals surface area contributed by atoms with Crippen molar-refractivity contribution in [2.75, 3.05) is 13.7 Å². The number of aromatic nitrogens is 1. The van der Waals surface area contributed by atoms with Crippen molar-refractivity contribution in [3.05, 3.63) is 64.8 Å². The molecule has 0 spiro atoms. The van der Waals surface area contributed by atoms with Gasteiger partial charge >= 0.3 is 5.97 Å². The molecule has 1 amide bonds. The van der Waals surface area contributed by atoms with E-state index in [0.29, 0.717) is 31.6 Å². The lowest BCUT2D eigenvalue weighted by Gasteiger charge is -2.09. The summed E-state index contributed by atoms with van der Waals surface area (Å²) in [5.74, 6) is -0.314. The number of carboxylic acids is 1. The summed E-state index contributed by atoms with van der Waals surface area (Å²) < 4.78 is 7.75. The lowest BCUT2D eigenvalue weighted by molar-refractivity contribution is -0.121. The molecule has 0 aliphatic heterocycles. The maximum atomic E-state index is 12.0. The van der Waals surface area contributed by atoms with E-state index in [-0.39, 0.29) is 11.5 Å². The van der Waals surface area contributed by atoms with Crippen LogP contribution in [0.5, 0.6) is 5.75 Å². The number of hydrogen-bond acceptors (Lipinski definition) is 3. The molecule has 0 atom stereocenters. The summed E-state index contributed by atoms with van der Waals surface area (Å²) in [5.41, 5.74) is 4.61. The van der Waals surface area contributed by atoms with Crippen LogP contribution in [0.2, 0.25) is 0 Å². The smallest absolute Gasteiger partial charge is 0.335 e. The zero-order chi connectivity index (χ0) is 23.1. The van der Waals surface area contributed by atoms with Gasteiger partial charge in [0.1, 0.15) is 5.75 Å². The van der Waals surface area contributed by atoms with Crippen molar-refractivity contribution < 1.29 is 19.4 Å². The van der Waals surface area contributed by atoms with Gasteiger partial charge in [-0.2, -0.15) is 0 Å². The quantitative estimate of drug-likeness (QED) is 0.452. The standard InChI is InChI=1S/C26H32N2O4/c1-4-12-27-25(29)11-7-18-6-10-23-22(14-18)21(17-28(23)13-5-2)15-19-8-9-20(26(30)31)16-24(19)32-3/h6,8-10,14,16-17H,4-5,7,11-13,15H2,1-3H3,(H,27,29)(H,30,31). The molecule has 1 aromatic heterocycles. The monoisotopic (exact) mass is 436 g/mol. The van der Waals surface area contributed by atoms with Crippen molar-refractivity contribution in [2.45, 2.75) is 52.5 Å². The second-order valence-corrected chi connectivity index (χ2v) is 8.06. The number of nitrogens with zero attached hydrogens (tertiary/aromatic N) is 1. The van der Waals surface area contributed by atoms with Crippen molar-refractivity contribution in [3.63, 3.8) is 0 Å². The van der Waals surface area contributed by atoms with Crippen LogP contribution < -0.4 is 10.1 Å². The third kappa shape index (κ3) is 5.49. The van der Waals surface area contributed by atoms with Crippen LogP contribution in [-0.4, -0.2) is 35.2 Å². The highest BCUT2D eigenvalue weighted by Gasteiger charge is 2.14. The summed E-state index contributed by atoms with van der Waals surface area (Å²) in [7, 11) is 1.56. The van der Waals surface area contributed by atoms with Gasteiger partial charge in [-0.05, 0) is 60.2 Å². The van der Waals surface area contributed by atoms with E-state index in [4.69, 9.17) is 4.74 Å². The number of hydrogen-bond donors (Lipinski definition) is 2. The fraction of sp³-hybridized carbons (Fsp3) is 0.385. The minimum absolute atomic E-state index is 0.0824. The van der Waals surface area contributed by atoms with Crippen LogP contribution in [0, 0.1) is 0 Å². The first-order valence-electron chi connectivity index (χ1n) is 11.2. The molecule has 0 aliphatic rings. The topological polar surface area (TPSA) is 80.6 Å². The molecule has 0 saturated heterocycles. The number of amides is 1. The van der Waals surface area contributed by atoms with Crippen LogP contribution in [0.3, 0.4) is 0 Å². The summed E-state index contributed by atoms with van der Waals surface area (Å²) in [4.78, 5) is 23.3. The van der Waals surface area contributed by atoms with Gasteiger partial charge in [0.15, 0.2) is 0 Å². The van der Waals surface area contributed by atoms with Crippen LogP contribution in [0.4, 0.5) is 0 Å². The Balaban J connectivity index is 1.91. The highest BCUT2D eigenvalue weighted by atomic mass is 16.5. The van der Waals surface area contributed by atoms with Crippen LogP contribution in [0.25, 0.3) is 10.9 Å². The predicted molar refractivity (Wildman–Crippen MR) is 127 cm³/mol. The molecule has 3 rings (SSSR count). The molecule has 2 N–H and O–H groups in total. The highest BCUT2D eigenvalue weighted by Crippen LogP contribution is 2.29. The van der Waals surface area contributed by atoms with Crippen molar-refractivity contribution in [1.29, 1.82) is 0 Å². The van der Waals surface area contributed by atoms with E-state index in [0.717, 1.165) is 41.5 Å². The zero-order valence-electron chi connectivity index (χ0n) is 19.1. The van der Waals surface area contributed by atoms with Crippen molar-refractivity contribution in [1.82, 2.24) is 9.88 Å². The van der Waals surface area contributed by atoms with Crippen molar-refractivity contribution >= 4 is 22.8 Å². The summed E-state index contributed by atoms with van der Waals surface area (Å²) in [6, 6.07) is 11.4. The summed E-state index contributed by atoms with van der Waals surface area (Å²) in [6.07, 6.45) is 5.94. The number of nitrogens with one attached hydrogen (secondary N) is 1. The van der Waals surface area contributed by atoms with E-state index in [1.165, 1.54) is 5.52 Å². The average molecular weight is 437 g/mol. The van der Waals surface area contributed by atoms with Crippen LogP contribution in [-0.2, 0) is 24.2 Å². The van der Waals surface area contributed by atoms with Gasteiger partial charge in [-0.15, -0.1) is 0 Å². The molecule has 0 fully saturated rings. The van der Waals surface area contributed by atoms with Gasteiger partial charge in [-0.25, -0.2) is 4.79 Å². The number of aromatic carboxylic acids is 1. The first-order valence-corrected chi connectivity index (χ1v) is 11.2. The number of methoxy groups -OCH3 is 1. The van der Waals surface area contributed by atoms with E-state index < -0.39 is 5.97 Å². The fourth-order valence-electron chi connectivity index (χ4n) is 3.98. The molecule has 3 aromatic rings. The number of aryl methyl sites for hydroxylation is 2. The minimum Gasteiger partial charge on any atom is -0.496 e. The Bertz CT molecular complexity index is 1100. The fourth-order valence-corrected chi connectivity index (χ4v) is 3.98. The maximum Gasteiger partial charge on any atom is 0.335 e. The molecule has 0 unspecified atom stereocenters. The van der Waals surface area contributed by atoms with Gasteiger partial charge in [-0.3, -0.25) is 4.79 Å². The molecular formula is C26H32N2O4. The third-order valence-electron chi connectivity index (χ3n) is 5.62. The lowest BCUT2D eigenvalue weighted by atomic mass is 9.99. The average Bonchev–Trinajstić information content (AvgIpc) is 3.13. The Labute approximate surface area is 189 Å². The number of carbonyl (C=O) groups is 2. The number of rotatable bonds is 11. The molecule has 0 bridgehead atoms. The number of benzene rings is 2. The summed E-state index contributed by atoms with van der Waals surface area (Å²) >= 11 is 0. The van der Waals surface area contributed by atoms with E-state index >= 15 is 0 Å². The normalized spacial score (nSPS) is 11.0. The van der Waals surface area contributed by atoms with Crippen LogP contribution >= 0.6 is 0 Å². The Morgan fingerprint density at radius 3 is 2.56 bits per heavy atom. The molecular weight excluding hydrogens is 404 g/mol. The van der Waals surface area contributed by atoms with Crippen LogP contribution in [0.1, 0.15) is 60.2 Å². The molecule has 2 aromatic carbocycles. The first-order chi connectivity index (χ1) is 15.5. The molecule has 0 saturated carbocycles. The van der Waals surface area contributed by atoms with Crippen molar-refractivity contribution in [3.8, 4) is 5.75 Å². The second-order valence-electron chi connectivity index (χ2n) is 8.06. The van der Waals surface area contributed by atoms with E-state index in [9.17, 15) is 14.7 Å². The highest BCUT2D eigenvalue weighted by molar-refractivity contribution is 5.88. The summed E-state index contributed by atoms with van der Waals surface area (Å²) in [5, 5.41) is 13.4. The second kappa shape index (κ2) is 10.8. The number of ether oxygens (including phenoxy) is 1. The van der Waals surface area contributed by atoms with Gasteiger partial charge in [0.25, 0.3) is 0 Å². The molecule has 6 nitrogen and oxygen atoms in total. The number of fused-ring (bicyclic) bond motifs is 1. The predicted octanol–water partition coefficient (Wildman–Crippen LogP) is 4.81. The Morgan fingerprint density at radius 1 is 1.06 bits per heavy atom. The molecule has 170 valence electrons. The Hall–Kier alpha value is -3.28. The summed E-state index contributed by atoms with van der Waals surface area (Å²) in [6.45, 7) is 5.83. The SMILES string of the molecule is CCCNC(=O)CCc1ccc2c(c1)c(Cc1ccc(C(=O)O)cc1OC)cn2CCC. The van der Waals surface area contributed by atoms with E-state index in [1.54, 1.807) is 19.2 Å². The van der Waals surface area contributed by atoms with Gasteiger partial charge in [0.05, 0.1) is 12.7 Å². The number of carboxylic acid groups (broad SMARTS) is 1. The number of carbonyl (C=O) groups excluding carboxylic acids is 1. The van der Waals surface area contributed by atoms with E-state index in [2.05, 4.69) is 41.2 Å². The molecule has 0 aliphatic carbocycles. The molecule has 1 heterocycles. The maximum absolute atomic E-state index is 12.0. The molecule has 6 heteroatoms. The molecule has 32 heavy (non-hydrogen) atoms. The zero-order valence-corrected chi connectivity index (χ0v) is 19.1. The van der Waals surface area contributed by atoms with Gasteiger partial charge in [-0.1, -0.05) is 26.0 Å². The molecule has 0 radical (unpaired) electrons. The first kappa shape index (κ1) is 23.4. The van der Waals surface area contributed by atoms with Gasteiger partial charge in [0.2, 0.25) is 5.91 Å². The largest absolute Gasteiger partial charge is 0.496 e. The van der Waals surface area contributed by atoms with Gasteiger partial charge in [0, 0.05) is 43.0 Å². The van der Waals surface area contributed by atoms with Crippen molar-refractivity contribution in [2.24, 2.45) is 0 Å². The minimum atomic E-state index is -0.970. The third-order valence-corrected chi connectivity index (χ3v) is 5.62. The Kier molecular flexibility index (Phi) is 7.92. The Morgan fingerprint density at radius 2 is 1.88 bits per heavy atom. The lowest BCUT2D eigenvalue weighted by Crippen LogP contribution is -2.24.